The third-order valence-corrected chi connectivity index (χ3v) is 8.44. The van der Waals surface area contributed by atoms with E-state index in [1.54, 1.807) is 0 Å². The first-order chi connectivity index (χ1) is 15.2. The van der Waals surface area contributed by atoms with Crippen molar-refractivity contribution in [2.24, 2.45) is 5.41 Å². The van der Waals surface area contributed by atoms with E-state index in [0.29, 0.717) is 0 Å². The highest BCUT2D eigenvalue weighted by Crippen LogP contribution is 2.74. The maximum atomic E-state index is 6.46. The van der Waals surface area contributed by atoms with Gasteiger partial charge < -0.3 is 19.1 Å². The molecule has 0 radical (unpaired) electrons. The zero-order valence-corrected chi connectivity index (χ0v) is 19.9. The van der Waals surface area contributed by atoms with Gasteiger partial charge in [0.05, 0.1) is 23.4 Å². The van der Waals surface area contributed by atoms with Crippen molar-refractivity contribution >= 4 is 17.3 Å². The highest BCUT2D eigenvalue weighted by Gasteiger charge is 2.75. The molecule has 1 fully saturated rings. The number of halogens is 1. The molecule has 3 aliphatic heterocycles. The summed E-state index contributed by atoms with van der Waals surface area (Å²) in [6.07, 6.45) is 14.0. The van der Waals surface area contributed by atoms with E-state index in [0.717, 1.165) is 48.2 Å². The molecule has 4 heterocycles. The number of hydrogen-bond donors (Lipinski definition) is 0. The van der Waals surface area contributed by atoms with Gasteiger partial charge in [-0.15, -0.1) is 0 Å². The summed E-state index contributed by atoms with van der Waals surface area (Å²) in [5.41, 5.74) is 4.59. The van der Waals surface area contributed by atoms with E-state index in [-0.39, 0.29) is 16.4 Å². The van der Waals surface area contributed by atoms with E-state index in [9.17, 15) is 0 Å². The second-order valence-corrected chi connectivity index (χ2v) is 10.8. The van der Waals surface area contributed by atoms with Crippen LogP contribution in [0.25, 0.3) is 5.70 Å². The number of hydrogen-bond acceptors (Lipinski definition) is 4. The molecule has 0 saturated heterocycles. The predicted octanol–water partition coefficient (Wildman–Crippen LogP) is 5.19. The Morgan fingerprint density at radius 2 is 1.91 bits per heavy atom. The first kappa shape index (κ1) is 20.0. The van der Waals surface area contributed by atoms with Crippen molar-refractivity contribution in [1.82, 2.24) is 19.4 Å². The molecule has 6 rings (SSSR count). The molecule has 5 nitrogen and oxygen atoms in total. The van der Waals surface area contributed by atoms with Gasteiger partial charge in [0, 0.05) is 59.6 Å². The smallest absolute Gasteiger partial charge is 0.124 e. The van der Waals surface area contributed by atoms with Crippen molar-refractivity contribution in [1.29, 1.82) is 0 Å². The SMILES string of the molecule is Cc1cn(C2=CN3CCN(C[C@]45C[C@@]4(C)C(C)(C)Oc4ccc(Cl)cc45)C=C3C=C2)cn1. The van der Waals surface area contributed by atoms with Gasteiger partial charge in [-0.05, 0) is 57.5 Å². The van der Waals surface area contributed by atoms with Crippen LogP contribution in [0.4, 0.5) is 0 Å². The van der Waals surface area contributed by atoms with E-state index < -0.39 is 0 Å². The van der Waals surface area contributed by atoms with Crippen LogP contribution < -0.4 is 4.74 Å². The van der Waals surface area contributed by atoms with Gasteiger partial charge in [0.15, 0.2) is 0 Å². The minimum atomic E-state index is -0.214. The number of aromatic nitrogens is 2. The fourth-order valence-corrected chi connectivity index (χ4v) is 6.11. The lowest BCUT2D eigenvalue weighted by Crippen LogP contribution is -2.49. The van der Waals surface area contributed by atoms with Crippen molar-refractivity contribution in [3.05, 3.63) is 77.3 Å². The van der Waals surface area contributed by atoms with Crippen LogP contribution in [0.2, 0.25) is 5.02 Å². The van der Waals surface area contributed by atoms with E-state index in [1.165, 1.54) is 11.3 Å². The fraction of sp³-hybridized carbons (Fsp3) is 0.423. The molecule has 0 amide bonds. The van der Waals surface area contributed by atoms with E-state index >= 15 is 0 Å². The van der Waals surface area contributed by atoms with Gasteiger partial charge in [-0.1, -0.05) is 18.5 Å². The van der Waals surface area contributed by atoms with Crippen LogP contribution in [0.1, 0.15) is 38.4 Å². The zero-order valence-electron chi connectivity index (χ0n) is 19.1. The molecule has 0 N–H and O–H groups in total. The lowest BCUT2D eigenvalue weighted by molar-refractivity contribution is 0.00412. The Labute approximate surface area is 194 Å². The highest BCUT2D eigenvalue weighted by molar-refractivity contribution is 6.30. The summed E-state index contributed by atoms with van der Waals surface area (Å²) in [6, 6.07) is 6.11. The number of benzene rings is 1. The maximum Gasteiger partial charge on any atom is 0.124 e. The van der Waals surface area contributed by atoms with Gasteiger partial charge in [-0.2, -0.15) is 0 Å². The van der Waals surface area contributed by atoms with Crippen LogP contribution in [0.15, 0.2) is 61.0 Å². The molecule has 1 aromatic carbocycles. The lowest BCUT2D eigenvalue weighted by atomic mass is 9.75. The number of ether oxygens (including phenoxy) is 1. The topological polar surface area (TPSA) is 33.5 Å². The number of rotatable bonds is 3. The summed E-state index contributed by atoms with van der Waals surface area (Å²) in [7, 11) is 0. The van der Waals surface area contributed by atoms with Crippen LogP contribution in [0.5, 0.6) is 5.75 Å². The van der Waals surface area contributed by atoms with Crippen LogP contribution >= 0.6 is 11.6 Å². The Morgan fingerprint density at radius 3 is 2.69 bits per heavy atom. The number of allylic oxidation sites excluding steroid dienone is 3. The molecule has 2 aromatic rings. The molecule has 0 spiro atoms. The quantitative estimate of drug-likeness (QED) is 0.646. The highest BCUT2D eigenvalue weighted by atomic mass is 35.5. The normalized spacial score (nSPS) is 29.4. The first-order valence-corrected chi connectivity index (χ1v) is 11.7. The van der Waals surface area contributed by atoms with E-state index in [4.69, 9.17) is 16.3 Å². The molecule has 0 unspecified atom stereocenters. The third-order valence-electron chi connectivity index (χ3n) is 8.21. The Morgan fingerprint density at radius 1 is 1.09 bits per heavy atom. The average Bonchev–Trinajstić information content (AvgIpc) is 3.16. The molecule has 1 aromatic heterocycles. The Balaban J connectivity index is 1.30. The van der Waals surface area contributed by atoms with Crippen LogP contribution in [-0.4, -0.2) is 44.6 Å². The molecule has 1 saturated carbocycles. The maximum absolute atomic E-state index is 6.46. The second-order valence-electron chi connectivity index (χ2n) is 10.4. The lowest BCUT2D eigenvalue weighted by Gasteiger charge is -2.45. The predicted molar refractivity (Wildman–Crippen MR) is 127 cm³/mol. The van der Waals surface area contributed by atoms with Crippen molar-refractivity contribution in [3.63, 3.8) is 0 Å². The molecule has 4 aliphatic rings. The Hall–Kier alpha value is -2.66. The van der Waals surface area contributed by atoms with E-state index in [2.05, 4.69) is 76.9 Å². The summed E-state index contributed by atoms with van der Waals surface area (Å²) in [4.78, 5) is 9.19. The molecule has 0 bridgehead atoms. The fourth-order valence-electron chi connectivity index (χ4n) is 5.94. The number of nitrogens with zero attached hydrogens (tertiary/aromatic N) is 4. The Kier molecular flexibility index (Phi) is 4.02. The molecular weight excluding hydrogens is 420 g/mol. The molecule has 1 aliphatic carbocycles. The van der Waals surface area contributed by atoms with Gasteiger partial charge in [0.2, 0.25) is 0 Å². The minimum Gasteiger partial charge on any atom is -0.487 e. The average molecular weight is 449 g/mol. The van der Waals surface area contributed by atoms with Gasteiger partial charge in [-0.25, -0.2) is 4.98 Å². The zero-order chi connectivity index (χ0) is 22.3. The van der Waals surface area contributed by atoms with E-state index in [1.807, 2.05) is 25.4 Å². The van der Waals surface area contributed by atoms with Crippen molar-refractivity contribution < 1.29 is 4.74 Å². The van der Waals surface area contributed by atoms with Crippen LogP contribution in [0.3, 0.4) is 0 Å². The van der Waals surface area contributed by atoms with Gasteiger partial charge in [0.25, 0.3) is 0 Å². The van der Waals surface area contributed by atoms with Crippen molar-refractivity contribution in [3.8, 4) is 5.75 Å². The largest absolute Gasteiger partial charge is 0.487 e. The van der Waals surface area contributed by atoms with Crippen LogP contribution in [-0.2, 0) is 5.41 Å². The summed E-state index contributed by atoms with van der Waals surface area (Å²) >= 11 is 6.43. The second kappa shape index (κ2) is 6.44. The van der Waals surface area contributed by atoms with Gasteiger partial charge in [0.1, 0.15) is 11.4 Å². The first-order valence-electron chi connectivity index (χ1n) is 11.3. The molecule has 6 heteroatoms. The van der Waals surface area contributed by atoms with Crippen molar-refractivity contribution in [2.45, 2.75) is 45.1 Å². The summed E-state index contributed by atoms with van der Waals surface area (Å²) in [5.74, 6) is 0.987. The van der Waals surface area contributed by atoms with Gasteiger partial charge >= 0.3 is 0 Å². The standard InChI is InChI=1S/C26H29ClN4O/c1-18-12-31(17-28-18)21-7-6-20-13-29(9-10-30(20)14-21)16-26-15-25(26,4)24(2,3)32-23-8-5-19(27)11-22(23)26/h5-8,11-14,17H,9-10,15-16H2,1-4H3/t25-,26-/m0/s1. The monoisotopic (exact) mass is 448 g/mol. The molecule has 166 valence electrons. The third kappa shape index (κ3) is 2.73. The van der Waals surface area contributed by atoms with Crippen LogP contribution in [0, 0.1) is 12.3 Å². The minimum absolute atomic E-state index is 0.0575. The Bertz CT molecular complexity index is 1210. The number of imidazole rings is 1. The number of aryl methyl sites for hydroxylation is 1. The van der Waals surface area contributed by atoms with Gasteiger partial charge in [-0.3, -0.25) is 0 Å². The summed E-state index contributed by atoms with van der Waals surface area (Å²) < 4.78 is 8.54. The molecular formula is C26H29ClN4O. The molecule has 32 heavy (non-hydrogen) atoms. The summed E-state index contributed by atoms with van der Waals surface area (Å²) in [6.45, 7) is 11.8. The molecule has 2 atom stereocenters. The number of fused-ring (bicyclic) bond motifs is 4. The summed E-state index contributed by atoms with van der Waals surface area (Å²) in [5, 5.41) is 0.784. The van der Waals surface area contributed by atoms with Crippen molar-refractivity contribution in [2.75, 3.05) is 19.6 Å².